The van der Waals surface area contributed by atoms with E-state index >= 15 is 0 Å². The van der Waals surface area contributed by atoms with Crippen molar-refractivity contribution in [3.05, 3.63) is 59.1 Å². The van der Waals surface area contributed by atoms with E-state index in [0.29, 0.717) is 10.7 Å². The van der Waals surface area contributed by atoms with E-state index < -0.39 is 0 Å². The molecule has 2 heterocycles. The third-order valence-corrected chi connectivity index (χ3v) is 6.11. The van der Waals surface area contributed by atoms with Gasteiger partial charge in [0.15, 0.2) is 0 Å². The molecule has 2 aliphatic heterocycles. The Morgan fingerprint density at radius 3 is 2.47 bits per heavy atom. The van der Waals surface area contributed by atoms with E-state index in [4.69, 9.17) is 21.4 Å². The second kappa shape index (κ2) is 9.06. The maximum atomic E-state index is 13.1. The van der Waals surface area contributed by atoms with E-state index in [0.717, 1.165) is 42.9 Å². The number of para-hydroxylation sites is 1. The number of methoxy groups -OCH3 is 1. The van der Waals surface area contributed by atoms with Crippen LogP contribution in [0, 0.1) is 5.92 Å². The number of hydrazine groups is 1. The Labute approximate surface area is 182 Å². The second-order valence-electron chi connectivity index (χ2n) is 7.78. The zero-order valence-corrected chi connectivity index (χ0v) is 18.1. The maximum absolute atomic E-state index is 13.1. The standard InChI is InChI=1S/C23H27ClN4O2/c1-16-21(23(29)26-27-14-6-3-7-15-27)25-28(20-9-5-4-8-19(20)24)22(16)17-10-12-18(30-2)13-11-17/h4-5,8-13,16,22H,3,6-7,14-15H2,1-2H3,(H,26,29). The normalized spacial score (nSPS) is 22.0. The summed E-state index contributed by atoms with van der Waals surface area (Å²) >= 11 is 6.50. The fourth-order valence-electron chi connectivity index (χ4n) is 4.16. The van der Waals surface area contributed by atoms with E-state index in [1.807, 2.05) is 65.5 Å². The lowest BCUT2D eigenvalue weighted by Gasteiger charge is -2.28. The summed E-state index contributed by atoms with van der Waals surface area (Å²) < 4.78 is 5.30. The van der Waals surface area contributed by atoms with Crippen LogP contribution in [0.2, 0.25) is 5.02 Å². The van der Waals surface area contributed by atoms with Crippen LogP contribution in [0.15, 0.2) is 53.6 Å². The summed E-state index contributed by atoms with van der Waals surface area (Å²) in [6.07, 6.45) is 3.41. The van der Waals surface area contributed by atoms with Gasteiger partial charge < -0.3 is 4.74 Å². The molecule has 0 spiro atoms. The van der Waals surface area contributed by atoms with Gasteiger partial charge in [-0.1, -0.05) is 49.2 Å². The molecule has 30 heavy (non-hydrogen) atoms. The highest BCUT2D eigenvalue weighted by atomic mass is 35.5. The predicted molar refractivity (Wildman–Crippen MR) is 120 cm³/mol. The van der Waals surface area contributed by atoms with Gasteiger partial charge in [0.05, 0.1) is 23.9 Å². The zero-order valence-electron chi connectivity index (χ0n) is 17.3. The van der Waals surface area contributed by atoms with Crippen LogP contribution < -0.4 is 15.2 Å². The summed E-state index contributed by atoms with van der Waals surface area (Å²) in [5, 5.41) is 9.24. The van der Waals surface area contributed by atoms with E-state index in [9.17, 15) is 4.79 Å². The molecule has 7 heteroatoms. The molecule has 1 amide bonds. The fraction of sp³-hybridized carbons (Fsp3) is 0.391. The minimum Gasteiger partial charge on any atom is -0.497 e. The lowest BCUT2D eigenvalue weighted by molar-refractivity contribution is -0.120. The summed E-state index contributed by atoms with van der Waals surface area (Å²) in [6.45, 7) is 3.80. The summed E-state index contributed by atoms with van der Waals surface area (Å²) in [5.41, 5.74) is 5.40. The Morgan fingerprint density at radius 1 is 1.10 bits per heavy atom. The molecule has 1 N–H and O–H groups in total. The molecule has 0 aliphatic carbocycles. The summed E-state index contributed by atoms with van der Waals surface area (Å²) in [5.74, 6) is 0.537. The van der Waals surface area contributed by atoms with E-state index in [1.165, 1.54) is 6.42 Å². The van der Waals surface area contributed by atoms with Crippen molar-refractivity contribution >= 4 is 28.9 Å². The number of hydrogen-bond donors (Lipinski definition) is 1. The number of nitrogens with zero attached hydrogens (tertiary/aromatic N) is 3. The highest BCUT2D eigenvalue weighted by molar-refractivity contribution is 6.40. The van der Waals surface area contributed by atoms with Crippen LogP contribution in [-0.2, 0) is 4.79 Å². The zero-order chi connectivity index (χ0) is 21.1. The molecule has 0 aromatic heterocycles. The number of nitrogens with one attached hydrogen (secondary N) is 1. The van der Waals surface area contributed by atoms with Crippen molar-refractivity contribution in [2.24, 2.45) is 11.0 Å². The minimum atomic E-state index is -0.141. The average Bonchev–Trinajstić information content (AvgIpc) is 3.12. The topological polar surface area (TPSA) is 57.2 Å². The van der Waals surface area contributed by atoms with E-state index in [2.05, 4.69) is 5.43 Å². The van der Waals surface area contributed by atoms with Gasteiger partial charge in [0.2, 0.25) is 0 Å². The van der Waals surface area contributed by atoms with E-state index in [-0.39, 0.29) is 17.9 Å². The molecule has 1 fully saturated rings. The van der Waals surface area contributed by atoms with Crippen LogP contribution in [0.25, 0.3) is 0 Å². The molecule has 0 bridgehead atoms. The average molecular weight is 427 g/mol. The van der Waals surface area contributed by atoms with Crippen molar-refractivity contribution in [3.8, 4) is 5.75 Å². The Kier molecular flexibility index (Phi) is 6.25. The first-order valence-electron chi connectivity index (χ1n) is 10.4. The number of ether oxygens (including phenoxy) is 1. The summed E-state index contributed by atoms with van der Waals surface area (Å²) in [7, 11) is 1.65. The number of hydrazone groups is 1. The van der Waals surface area contributed by atoms with Gasteiger partial charge in [-0.15, -0.1) is 0 Å². The van der Waals surface area contributed by atoms with Gasteiger partial charge in [0.1, 0.15) is 11.5 Å². The third-order valence-electron chi connectivity index (χ3n) is 5.79. The summed E-state index contributed by atoms with van der Waals surface area (Å²) in [4.78, 5) is 13.1. The lowest BCUT2D eigenvalue weighted by Crippen LogP contribution is -2.48. The smallest absolute Gasteiger partial charge is 0.282 e. The number of halogens is 1. The van der Waals surface area contributed by atoms with Crippen molar-refractivity contribution in [1.82, 2.24) is 10.4 Å². The molecule has 158 valence electrons. The van der Waals surface area contributed by atoms with Crippen LogP contribution >= 0.6 is 11.6 Å². The van der Waals surface area contributed by atoms with Crippen molar-refractivity contribution in [3.63, 3.8) is 0 Å². The second-order valence-corrected chi connectivity index (χ2v) is 8.18. The van der Waals surface area contributed by atoms with Crippen molar-refractivity contribution in [2.75, 3.05) is 25.2 Å². The fourth-order valence-corrected chi connectivity index (χ4v) is 4.38. The van der Waals surface area contributed by atoms with Crippen LogP contribution in [0.5, 0.6) is 5.75 Å². The van der Waals surface area contributed by atoms with Crippen LogP contribution in [-0.4, -0.2) is 36.8 Å². The van der Waals surface area contributed by atoms with Gasteiger partial charge >= 0.3 is 0 Å². The van der Waals surface area contributed by atoms with Gasteiger partial charge in [-0.25, -0.2) is 5.01 Å². The maximum Gasteiger partial charge on any atom is 0.282 e. The highest BCUT2D eigenvalue weighted by Gasteiger charge is 2.40. The number of amides is 1. The molecule has 4 rings (SSSR count). The monoisotopic (exact) mass is 426 g/mol. The molecule has 0 saturated carbocycles. The van der Waals surface area contributed by atoms with Crippen molar-refractivity contribution in [1.29, 1.82) is 0 Å². The number of benzene rings is 2. The minimum absolute atomic E-state index is 0.112. The highest BCUT2D eigenvalue weighted by Crippen LogP contribution is 2.41. The number of rotatable bonds is 5. The Balaban J connectivity index is 1.66. The largest absolute Gasteiger partial charge is 0.497 e. The number of carbonyl (C=O) groups excluding carboxylic acids is 1. The quantitative estimate of drug-likeness (QED) is 0.768. The SMILES string of the molecule is COc1ccc(C2C(C)C(C(=O)NN3CCCCC3)=NN2c2ccccc2Cl)cc1. The van der Waals surface area contributed by atoms with Gasteiger partial charge in [0, 0.05) is 19.0 Å². The predicted octanol–water partition coefficient (Wildman–Crippen LogP) is 4.42. The van der Waals surface area contributed by atoms with Gasteiger partial charge in [-0.05, 0) is 42.7 Å². The first-order chi connectivity index (χ1) is 14.6. The molecule has 6 nitrogen and oxygen atoms in total. The molecule has 2 aromatic rings. The van der Waals surface area contributed by atoms with Gasteiger partial charge in [-0.2, -0.15) is 5.10 Å². The molecule has 1 saturated heterocycles. The first kappa shape index (κ1) is 20.7. The molecular weight excluding hydrogens is 400 g/mol. The van der Waals surface area contributed by atoms with Crippen LogP contribution in [0.3, 0.4) is 0 Å². The molecule has 2 aromatic carbocycles. The number of carbonyl (C=O) groups is 1. The van der Waals surface area contributed by atoms with E-state index in [1.54, 1.807) is 7.11 Å². The number of hydrogen-bond acceptors (Lipinski definition) is 5. The first-order valence-corrected chi connectivity index (χ1v) is 10.8. The Morgan fingerprint density at radius 2 is 1.80 bits per heavy atom. The number of piperidine rings is 1. The van der Waals surface area contributed by atoms with Gasteiger partial charge in [0.25, 0.3) is 5.91 Å². The van der Waals surface area contributed by atoms with Crippen LogP contribution in [0.4, 0.5) is 5.69 Å². The Hall–Kier alpha value is -2.57. The van der Waals surface area contributed by atoms with Crippen LogP contribution in [0.1, 0.15) is 37.8 Å². The van der Waals surface area contributed by atoms with Crippen molar-refractivity contribution < 1.29 is 9.53 Å². The molecule has 2 atom stereocenters. The Bertz CT molecular complexity index is 925. The molecule has 2 aliphatic rings. The lowest BCUT2D eigenvalue weighted by atomic mass is 9.91. The van der Waals surface area contributed by atoms with Crippen molar-refractivity contribution in [2.45, 2.75) is 32.2 Å². The molecule has 0 radical (unpaired) electrons. The summed E-state index contributed by atoms with van der Waals surface area (Å²) in [6, 6.07) is 15.3. The third kappa shape index (κ3) is 4.16. The van der Waals surface area contributed by atoms with Gasteiger partial charge in [-0.3, -0.25) is 15.2 Å². The molecular formula is C23H27ClN4O2. The number of anilines is 1. The molecule has 2 unspecified atom stereocenters.